The third-order valence-electron chi connectivity index (χ3n) is 4.59. The first-order valence-corrected chi connectivity index (χ1v) is 11.3. The van der Waals surface area contributed by atoms with Crippen LogP contribution in [-0.4, -0.2) is 20.5 Å². The number of benzene rings is 3. The van der Waals surface area contributed by atoms with Gasteiger partial charge in [0, 0.05) is 17.1 Å². The summed E-state index contributed by atoms with van der Waals surface area (Å²) in [5.41, 5.74) is 1.57. The number of ether oxygens (including phenoxy) is 1. The van der Waals surface area contributed by atoms with Crippen molar-refractivity contribution in [2.75, 3.05) is 12.4 Å². The molecule has 0 fully saturated rings. The van der Waals surface area contributed by atoms with Crippen LogP contribution in [0.5, 0.6) is 5.75 Å². The highest BCUT2D eigenvalue weighted by atomic mass is 35.5. The molecule has 31 heavy (non-hydrogen) atoms. The minimum absolute atomic E-state index is 0.0663. The molecule has 0 unspecified atom stereocenters. The Labute approximate surface area is 185 Å². The van der Waals surface area contributed by atoms with Crippen LogP contribution in [0.3, 0.4) is 0 Å². The first kappa shape index (κ1) is 21.0. The molecule has 3 aromatic carbocycles. The molecule has 0 amide bonds. The third-order valence-corrected chi connectivity index (χ3v) is 6.52. The number of methoxy groups -OCH3 is 1. The van der Waals surface area contributed by atoms with Crippen LogP contribution in [0.2, 0.25) is 5.02 Å². The van der Waals surface area contributed by atoms with Crippen LogP contribution in [0, 0.1) is 0 Å². The highest BCUT2D eigenvalue weighted by Gasteiger charge is 2.28. The summed E-state index contributed by atoms with van der Waals surface area (Å²) >= 11 is 5.92. The molecule has 0 spiro atoms. The number of anilines is 1. The quantitative estimate of drug-likeness (QED) is 0.400. The van der Waals surface area contributed by atoms with E-state index < -0.39 is 9.84 Å². The van der Waals surface area contributed by atoms with Crippen molar-refractivity contribution in [3.05, 3.63) is 89.4 Å². The van der Waals surface area contributed by atoms with Gasteiger partial charge in [0.15, 0.2) is 0 Å². The van der Waals surface area contributed by atoms with Crippen LogP contribution >= 0.6 is 11.6 Å². The number of halogens is 1. The lowest BCUT2D eigenvalue weighted by Crippen LogP contribution is -2.07. The summed E-state index contributed by atoms with van der Waals surface area (Å²) in [6, 6.07) is 22.6. The molecule has 0 atom stereocenters. The van der Waals surface area contributed by atoms with E-state index in [0.29, 0.717) is 22.9 Å². The number of nitrogens with zero attached hydrogens (tertiary/aromatic N) is 1. The molecule has 4 aromatic rings. The minimum atomic E-state index is -3.95. The van der Waals surface area contributed by atoms with Gasteiger partial charge in [-0.2, -0.15) is 4.98 Å². The van der Waals surface area contributed by atoms with Gasteiger partial charge in [0.2, 0.25) is 26.6 Å². The monoisotopic (exact) mass is 454 g/mol. The summed E-state index contributed by atoms with van der Waals surface area (Å²) < 4.78 is 37.8. The fourth-order valence-corrected chi connectivity index (χ4v) is 4.39. The Morgan fingerprint density at radius 2 is 1.74 bits per heavy atom. The maximum Gasteiger partial charge on any atom is 0.234 e. The zero-order valence-corrected chi connectivity index (χ0v) is 18.2. The van der Waals surface area contributed by atoms with E-state index in [4.69, 9.17) is 20.8 Å². The van der Waals surface area contributed by atoms with Crippen LogP contribution in [0.1, 0.15) is 5.56 Å². The molecule has 4 rings (SSSR count). The molecular weight excluding hydrogens is 436 g/mol. The van der Waals surface area contributed by atoms with E-state index in [1.165, 1.54) is 24.3 Å². The zero-order valence-electron chi connectivity index (χ0n) is 16.6. The fourth-order valence-electron chi connectivity index (χ4n) is 2.98. The van der Waals surface area contributed by atoms with Gasteiger partial charge in [0.25, 0.3) is 0 Å². The molecule has 0 saturated heterocycles. The molecule has 1 aromatic heterocycles. The van der Waals surface area contributed by atoms with Crippen LogP contribution in [0.4, 0.5) is 5.88 Å². The molecule has 8 heteroatoms. The lowest BCUT2D eigenvalue weighted by molar-refractivity contribution is 0.415. The lowest BCUT2D eigenvalue weighted by atomic mass is 10.2. The van der Waals surface area contributed by atoms with Crippen molar-refractivity contribution in [3.63, 3.8) is 0 Å². The Morgan fingerprint density at radius 1 is 1.00 bits per heavy atom. The third kappa shape index (κ3) is 4.57. The molecule has 0 saturated carbocycles. The smallest absolute Gasteiger partial charge is 0.234 e. The molecular formula is C23H19ClN2O4S. The van der Waals surface area contributed by atoms with E-state index in [2.05, 4.69) is 10.3 Å². The molecule has 6 nitrogen and oxygen atoms in total. The minimum Gasteiger partial charge on any atom is -0.497 e. The topological polar surface area (TPSA) is 81.4 Å². The van der Waals surface area contributed by atoms with Crippen LogP contribution < -0.4 is 10.1 Å². The maximum absolute atomic E-state index is 13.3. The summed E-state index contributed by atoms with van der Waals surface area (Å²) in [6.07, 6.45) is 0. The Morgan fingerprint density at radius 3 is 2.45 bits per heavy atom. The average Bonchev–Trinajstić information content (AvgIpc) is 3.24. The first-order valence-electron chi connectivity index (χ1n) is 9.41. The second kappa shape index (κ2) is 8.83. The van der Waals surface area contributed by atoms with Crippen molar-refractivity contribution in [2.45, 2.75) is 16.5 Å². The Balaban J connectivity index is 1.77. The molecule has 0 aliphatic heterocycles. The van der Waals surface area contributed by atoms with Gasteiger partial charge in [-0.3, -0.25) is 0 Å². The number of hydrogen-bond donors (Lipinski definition) is 1. The molecule has 1 heterocycles. The van der Waals surface area contributed by atoms with Crippen molar-refractivity contribution >= 4 is 27.3 Å². The standard InChI is InChI=1S/C23H19ClN2O4S/c1-29-19-9-5-8-17(14-19)21-26-23(31(27,28)20-12-10-18(24)11-13-20)22(30-21)25-15-16-6-3-2-4-7-16/h2-14,25H,15H2,1H3. The lowest BCUT2D eigenvalue weighted by Gasteiger charge is -2.06. The summed E-state index contributed by atoms with van der Waals surface area (Å²) in [6.45, 7) is 0.372. The zero-order chi connectivity index (χ0) is 21.8. The van der Waals surface area contributed by atoms with E-state index in [1.54, 1.807) is 31.4 Å². The summed E-state index contributed by atoms with van der Waals surface area (Å²) in [5.74, 6) is 0.843. The Kier molecular flexibility index (Phi) is 5.97. The molecule has 0 aliphatic rings. The van der Waals surface area contributed by atoms with E-state index >= 15 is 0 Å². The highest BCUT2D eigenvalue weighted by Crippen LogP contribution is 2.34. The number of oxazole rings is 1. The van der Waals surface area contributed by atoms with E-state index in [0.717, 1.165) is 5.56 Å². The van der Waals surface area contributed by atoms with Gasteiger partial charge in [0.05, 0.1) is 12.0 Å². The Bertz CT molecular complexity index is 1290. The number of sulfone groups is 1. The van der Waals surface area contributed by atoms with Gasteiger partial charge in [0.1, 0.15) is 5.75 Å². The highest BCUT2D eigenvalue weighted by molar-refractivity contribution is 7.91. The average molecular weight is 455 g/mol. The van der Waals surface area contributed by atoms with Crippen LogP contribution in [0.25, 0.3) is 11.5 Å². The summed E-state index contributed by atoms with van der Waals surface area (Å²) in [7, 11) is -2.40. The molecule has 1 N–H and O–H groups in total. The van der Waals surface area contributed by atoms with Crippen molar-refractivity contribution < 1.29 is 17.6 Å². The van der Waals surface area contributed by atoms with Crippen molar-refractivity contribution in [2.24, 2.45) is 0 Å². The number of nitrogens with one attached hydrogen (secondary N) is 1. The normalized spacial score (nSPS) is 11.3. The van der Waals surface area contributed by atoms with Crippen LogP contribution in [0.15, 0.2) is 93.2 Å². The molecule has 0 aliphatic carbocycles. The molecule has 0 radical (unpaired) electrons. The molecule has 0 bridgehead atoms. The van der Waals surface area contributed by atoms with Gasteiger partial charge < -0.3 is 14.5 Å². The largest absolute Gasteiger partial charge is 0.497 e. The van der Waals surface area contributed by atoms with Crippen molar-refractivity contribution in [3.8, 4) is 17.2 Å². The predicted molar refractivity (Wildman–Crippen MR) is 119 cm³/mol. The van der Waals surface area contributed by atoms with Gasteiger partial charge >= 0.3 is 0 Å². The van der Waals surface area contributed by atoms with Gasteiger partial charge in [-0.05, 0) is 48.0 Å². The first-order chi connectivity index (χ1) is 15.0. The summed E-state index contributed by atoms with van der Waals surface area (Å²) in [4.78, 5) is 4.41. The Hall–Kier alpha value is -3.29. The fraction of sp³-hybridized carbons (Fsp3) is 0.0870. The number of aromatic nitrogens is 1. The van der Waals surface area contributed by atoms with Crippen LogP contribution in [-0.2, 0) is 16.4 Å². The SMILES string of the molecule is COc1cccc(-c2nc(S(=O)(=O)c3ccc(Cl)cc3)c(NCc3ccccc3)o2)c1. The van der Waals surface area contributed by atoms with E-state index in [1.807, 2.05) is 30.3 Å². The number of rotatable bonds is 7. The molecule has 158 valence electrons. The van der Waals surface area contributed by atoms with Crippen molar-refractivity contribution in [1.29, 1.82) is 0 Å². The van der Waals surface area contributed by atoms with E-state index in [-0.39, 0.29) is 21.7 Å². The summed E-state index contributed by atoms with van der Waals surface area (Å²) in [5, 5.41) is 3.32. The van der Waals surface area contributed by atoms with Gasteiger partial charge in [-0.25, -0.2) is 8.42 Å². The maximum atomic E-state index is 13.3. The second-order valence-corrected chi connectivity index (χ2v) is 8.98. The predicted octanol–water partition coefficient (Wildman–Crippen LogP) is 5.45. The second-order valence-electron chi connectivity index (χ2n) is 6.68. The van der Waals surface area contributed by atoms with Crippen molar-refractivity contribution in [1.82, 2.24) is 4.98 Å². The number of hydrogen-bond acceptors (Lipinski definition) is 6. The van der Waals surface area contributed by atoms with Gasteiger partial charge in [-0.15, -0.1) is 0 Å². The van der Waals surface area contributed by atoms with E-state index in [9.17, 15) is 8.42 Å². The van der Waals surface area contributed by atoms with Gasteiger partial charge in [-0.1, -0.05) is 48.0 Å².